The van der Waals surface area contributed by atoms with Crippen molar-refractivity contribution in [2.24, 2.45) is 0 Å². The molecular weight excluding hydrogens is 283 g/mol. The van der Waals surface area contributed by atoms with E-state index < -0.39 is 0 Å². The molecule has 22 heavy (non-hydrogen) atoms. The van der Waals surface area contributed by atoms with E-state index in [1.165, 1.54) is 46.8 Å². The molecule has 0 amide bonds. The van der Waals surface area contributed by atoms with E-state index in [1.807, 2.05) is 0 Å². The topological polar surface area (TPSA) is 0 Å². The van der Waals surface area contributed by atoms with Gasteiger partial charge in [0, 0.05) is 0 Å². The van der Waals surface area contributed by atoms with Crippen LogP contribution in [0.3, 0.4) is 0 Å². The molecule has 1 unspecified atom stereocenters. The Hall–Kier alpha value is -1.13. The second kappa shape index (κ2) is 7.42. The summed E-state index contributed by atoms with van der Waals surface area (Å²) in [6, 6.07) is 11.5. The molecule has 0 radical (unpaired) electrons. The van der Waals surface area contributed by atoms with Crippen LogP contribution in [0.1, 0.15) is 47.6 Å². The first-order valence-electron chi connectivity index (χ1n) is 8.38. The van der Waals surface area contributed by atoms with Gasteiger partial charge in [0.15, 0.2) is 0 Å². The minimum atomic E-state index is -0.243. The van der Waals surface area contributed by atoms with Crippen molar-refractivity contribution in [1.29, 1.82) is 0 Å². The molecule has 2 aromatic rings. The molecule has 118 valence electrons. The lowest BCUT2D eigenvalue weighted by molar-refractivity contribution is 0.893. The lowest BCUT2D eigenvalue weighted by atomic mass is 10.1. The Kier molecular flexibility index (Phi) is 5.81. The summed E-state index contributed by atoms with van der Waals surface area (Å²) in [5.74, 6) is 0. The molecule has 0 aliphatic heterocycles. The number of benzene rings is 2. The fourth-order valence-electron chi connectivity index (χ4n) is 2.95. The van der Waals surface area contributed by atoms with Crippen LogP contribution in [0.25, 0.3) is 0 Å². The van der Waals surface area contributed by atoms with E-state index >= 15 is 0 Å². The number of aryl methyl sites for hydroxylation is 2. The quantitative estimate of drug-likeness (QED) is 0.643. The van der Waals surface area contributed by atoms with Crippen LogP contribution in [0.4, 0.5) is 0 Å². The first kappa shape index (κ1) is 17.2. The maximum absolute atomic E-state index is 2.39. The molecule has 0 saturated heterocycles. The fourth-order valence-corrected chi connectivity index (χ4v) is 6.00. The van der Waals surface area contributed by atoms with E-state index in [1.54, 1.807) is 10.6 Å². The van der Waals surface area contributed by atoms with Crippen LogP contribution in [0.2, 0.25) is 0 Å². The summed E-state index contributed by atoms with van der Waals surface area (Å²) in [5, 5.41) is 3.16. The van der Waals surface area contributed by atoms with Crippen molar-refractivity contribution in [3.63, 3.8) is 0 Å². The van der Waals surface area contributed by atoms with E-state index in [-0.39, 0.29) is 7.92 Å². The first-order valence-corrected chi connectivity index (χ1v) is 9.90. The largest absolute Gasteiger partial charge is 0.0654 e. The molecule has 0 fully saturated rings. The van der Waals surface area contributed by atoms with Gasteiger partial charge in [-0.1, -0.05) is 43.7 Å². The molecule has 0 N–H and O–H groups in total. The summed E-state index contributed by atoms with van der Waals surface area (Å²) >= 11 is 0. The maximum atomic E-state index is 2.39. The maximum Gasteiger partial charge on any atom is -0.0163 e. The number of hydrogen-bond acceptors (Lipinski definition) is 0. The monoisotopic (exact) mass is 312 g/mol. The average Bonchev–Trinajstić information content (AvgIpc) is 2.50. The SMILES string of the molecule is CCCCP(c1cccc(C)c1C)c1ccc(C)c(C)c1C. The van der Waals surface area contributed by atoms with Gasteiger partial charge < -0.3 is 0 Å². The van der Waals surface area contributed by atoms with E-state index in [4.69, 9.17) is 0 Å². The van der Waals surface area contributed by atoms with Crippen LogP contribution in [-0.4, -0.2) is 6.16 Å². The van der Waals surface area contributed by atoms with Crippen molar-refractivity contribution in [3.8, 4) is 0 Å². The van der Waals surface area contributed by atoms with Gasteiger partial charge in [-0.05, 0) is 93.5 Å². The molecular formula is C21H29P. The molecule has 0 heterocycles. The van der Waals surface area contributed by atoms with Crippen molar-refractivity contribution in [3.05, 3.63) is 58.1 Å². The Labute approximate surface area is 137 Å². The molecule has 0 saturated carbocycles. The van der Waals surface area contributed by atoms with Gasteiger partial charge >= 0.3 is 0 Å². The second-order valence-electron chi connectivity index (χ2n) is 6.38. The van der Waals surface area contributed by atoms with E-state index in [2.05, 4.69) is 71.9 Å². The van der Waals surface area contributed by atoms with Gasteiger partial charge in [0.2, 0.25) is 0 Å². The molecule has 2 aromatic carbocycles. The first-order chi connectivity index (χ1) is 10.5. The zero-order chi connectivity index (χ0) is 16.3. The molecule has 0 nitrogen and oxygen atoms in total. The normalized spacial score (nSPS) is 12.5. The summed E-state index contributed by atoms with van der Waals surface area (Å²) in [6.45, 7) is 13.6. The fraction of sp³-hybridized carbons (Fsp3) is 0.429. The number of unbranched alkanes of at least 4 members (excludes halogenated alkanes) is 1. The number of hydrogen-bond donors (Lipinski definition) is 0. The van der Waals surface area contributed by atoms with Crippen molar-refractivity contribution in [2.75, 3.05) is 6.16 Å². The third-order valence-electron chi connectivity index (χ3n) is 4.92. The zero-order valence-electron chi connectivity index (χ0n) is 15.0. The van der Waals surface area contributed by atoms with Crippen LogP contribution in [0.15, 0.2) is 30.3 Å². The molecule has 0 aliphatic carbocycles. The molecule has 2 rings (SSSR count). The molecule has 1 atom stereocenters. The summed E-state index contributed by atoms with van der Waals surface area (Å²) in [6.07, 6.45) is 3.89. The molecule has 0 aromatic heterocycles. The van der Waals surface area contributed by atoms with Gasteiger partial charge in [0.25, 0.3) is 0 Å². The lowest BCUT2D eigenvalue weighted by Crippen LogP contribution is -2.20. The minimum absolute atomic E-state index is 0.243. The van der Waals surface area contributed by atoms with Gasteiger partial charge in [-0.3, -0.25) is 0 Å². The van der Waals surface area contributed by atoms with Crippen molar-refractivity contribution in [1.82, 2.24) is 0 Å². The van der Waals surface area contributed by atoms with Gasteiger partial charge in [0.05, 0.1) is 0 Å². The van der Waals surface area contributed by atoms with Crippen LogP contribution >= 0.6 is 7.92 Å². The van der Waals surface area contributed by atoms with Crippen molar-refractivity contribution >= 4 is 18.5 Å². The van der Waals surface area contributed by atoms with Crippen molar-refractivity contribution < 1.29 is 0 Å². The van der Waals surface area contributed by atoms with E-state index in [0.717, 1.165) is 0 Å². The summed E-state index contributed by atoms with van der Waals surface area (Å²) in [5.41, 5.74) is 7.29. The number of rotatable bonds is 5. The second-order valence-corrected chi connectivity index (χ2v) is 8.64. The Morgan fingerprint density at radius 2 is 1.36 bits per heavy atom. The van der Waals surface area contributed by atoms with Crippen LogP contribution in [0, 0.1) is 34.6 Å². The minimum Gasteiger partial charge on any atom is -0.0654 e. The highest BCUT2D eigenvalue weighted by atomic mass is 31.1. The van der Waals surface area contributed by atoms with Gasteiger partial charge in [-0.25, -0.2) is 0 Å². The smallest absolute Gasteiger partial charge is 0.0163 e. The third kappa shape index (κ3) is 3.44. The molecule has 1 heteroatoms. The Morgan fingerprint density at radius 1 is 0.727 bits per heavy atom. The van der Waals surface area contributed by atoms with E-state index in [0.29, 0.717) is 0 Å². The van der Waals surface area contributed by atoms with E-state index in [9.17, 15) is 0 Å². The highest BCUT2D eigenvalue weighted by Gasteiger charge is 2.19. The predicted octanol–water partition coefficient (Wildman–Crippen LogP) is 5.46. The van der Waals surface area contributed by atoms with Gasteiger partial charge in [0.1, 0.15) is 0 Å². The van der Waals surface area contributed by atoms with Crippen LogP contribution in [-0.2, 0) is 0 Å². The summed E-state index contributed by atoms with van der Waals surface area (Å²) < 4.78 is 0. The Bertz CT molecular complexity index is 655. The van der Waals surface area contributed by atoms with Gasteiger partial charge in [-0.15, -0.1) is 0 Å². The Balaban J connectivity index is 2.56. The highest BCUT2D eigenvalue weighted by molar-refractivity contribution is 7.73. The molecule has 0 aliphatic rings. The van der Waals surface area contributed by atoms with Crippen LogP contribution < -0.4 is 10.6 Å². The zero-order valence-corrected chi connectivity index (χ0v) is 15.8. The highest BCUT2D eigenvalue weighted by Crippen LogP contribution is 2.38. The van der Waals surface area contributed by atoms with Gasteiger partial charge in [-0.2, -0.15) is 0 Å². The van der Waals surface area contributed by atoms with Crippen LogP contribution in [0.5, 0.6) is 0 Å². The lowest BCUT2D eigenvalue weighted by Gasteiger charge is -2.24. The summed E-state index contributed by atoms with van der Waals surface area (Å²) in [7, 11) is -0.243. The standard InChI is InChI=1S/C21H29P/c1-7-8-14-22(20-11-9-10-15(2)18(20)5)21-13-12-16(3)17(4)19(21)6/h9-13H,7-8,14H2,1-6H3. The molecule has 0 bridgehead atoms. The molecule has 0 spiro atoms. The Morgan fingerprint density at radius 3 is 2.05 bits per heavy atom. The third-order valence-corrected chi connectivity index (χ3v) is 7.82. The summed E-state index contributed by atoms with van der Waals surface area (Å²) in [4.78, 5) is 0. The predicted molar refractivity (Wildman–Crippen MR) is 103 cm³/mol. The van der Waals surface area contributed by atoms with Crippen molar-refractivity contribution in [2.45, 2.75) is 54.4 Å². The average molecular weight is 312 g/mol.